The molecule has 0 aliphatic carbocycles. The fourth-order valence-corrected chi connectivity index (χ4v) is 5.42. The predicted octanol–water partition coefficient (Wildman–Crippen LogP) is 7.57. The van der Waals surface area contributed by atoms with Crippen molar-refractivity contribution in [2.45, 2.75) is 58.8 Å². The standard InChI is InChI=1S/C29H33NO3S/c1-28(2,3)20-15-17(16-21(25(20)32)29(4,5)6)14-19-23(31)13-12-22-26(19)34-27(30-22)18-10-8-9-11-24(18)33-7/h8-13,15-16,31-32H,14H2,1-7H3. The summed E-state index contributed by atoms with van der Waals surface area (Å²) in [5.74, 6) is 1.39. The SMILES string of the molecule is COc1ccccc1-c1nc2ccc(O)c(Cc3cc(C(C)(C)C)c(O)c(C(C)(C)C)c3)c2s1. The average Bonchev–Trinajstić information content (AvgIpc) is 3.19. The topological polar surface area (TPSA) is 62.6 Å². The third-order valence-electron chi connectivity index (χ3n) is 6.14. The van der Waals surface area contributed by atoms with Crippen LogP contribution in [0.4, 0.5) is 0 Å². The van der Waals surface area contributed by atoms with Gasteiger partial charge < -0.3 is 14.9 Å². The highest BCUT2D eigenvalue weighted by atomic mass is 32.1. The van der Waals surface area contributed by atoms with Gasteiger partial charge in [0.2, 0.25) is 0 Å². The monoisotopic (exact) mass is 475 g/mol. The van der Waals surface area contributed by atoms with Gasteiger partial charge in [-0.05, 0) is 51.8 Å². The summed E-state index contributed by atoms with van der Waals surface area (Å²) in [6, 6.07) is 15.6. The van der Waals surface area contributed by atoms with Crippen LogP contribution in [0, 0.1) is 0 Å². The van der Waals surface area contributed by atoms with E-state index >= 15 is 0 Å². The van der Waals surface area contributed by atoms with E-state index in [9.17, 15) is 10.2 Å². The van der Waals surface area contributed by atoms with Gasteiger partial charge in [0.15, 0.2) is 0 Å². The first-order valence-corrected chi connectivity index (χ1v) is 12.3. The number of benzene rings is 3. The molecule has 0 aliphatic heterocycles. The molecule has 3 aromatic carbocycles. The molecule has 0 fully saturated rings. The quantitative estimate of drug-likeness (QED) is 0.319. The summed E-state index contributed by atoms with van der Waals surface area (Å²) in [6.07, 6.45) is 0.545. The minimum atomic E-state index is -0.213. The number of phenols is 2. The van der Waals surface area contributed by atoms with Crippen LogP contribution in [0.3, 0.4) is 0 Å². The molecule has 4 aromatic rings. The van der Waals surface area contributed by atoms with E-state index in [2.05, 4.69) is 53.7 Å². The number of hydrogen-bond acceptors (Lipinski definition) is 5. The van der Waals surface area contributed by atoms with E-state index in [1.807, 2.05) is 30.3 Å². The summed E-state index contributed by atoms with van der Waals surface area (Å²) in [5.41, 5.74) is 5.10. The lowest BCUT2D eigenvalue weighted by Gasteiger charge is -2.28. The summed E-state index contributed by atoms with van der Waals surface area (Å²) >= 11 is 1.56. The fraction of sp³-hybridized carbons (Fsp3) is 0.345. The van der Waals surface area contributed by atoms with Crippen molar-refractivity contribution in [2.24, 2.45) is 0 Å². The van der Waals surface area contributed by atoms with Crippen molar-refractivity contribution in [1.29, 1.82) is 0 Å². The summed E-state index contributed by atoms with van der Waals surface area (Å²) in [5, 5.41) is 22.8. The minimum Gasteiger partial charge on any atom is -0.508 e. The number of methoxy groups -OCH3 is 1. The van der Waals surface area contributed by atoms with Gasteiger partial charge in [0.05, 0.1) is 22.9 Å². The summed E-state index contributed by atoms with van der Waals surface area (Å²) in [4.78, 5) is 4.85. The third-order valence-corrected chi connectivity index (χ3v) is 7.30. The Labute approximate surface area is 205 Å². The molecule has 0 atom stereocenters. The number of nitrogens with zero attached hydrogens (tertiary/aromatic N) is 1. The first-order chi connectivity index (χ1) is 15.9. The Balaban J connectivity index is 1.87. The molecule has 0 amide bonds. The molecule has 0 aliphatic rings. The molecule has 0 saturated carbocycles. The van der Waals surface area contributed by atoms with Crippen molar-refractivity contribution in [3.8, 4) is 27.8 Å². The first kappa shape index (κ1) is 24.1. The van der Waals surface area contributed by atoms with Crippen molar-refractivity contribution < 1.29 is 14.9 Å². The van der Waals surface area contributed by atoms with Gasteiger partial charge in [-0.1, -0.05) is 65.8 Å². The highest BCUT2D eigenvalue weighted by Crippen LogP contribution is 2.43. The van der Waals surface area contributed by atoms with Crippen LogP contribution in [0.25, 0.3) is 20.8 Å². The normalized spacial score (nSPS) is 12.3. The van der Waals surface area contributed by atoms with E-state index in [0.29, 0.717) is 12.2 Å². The molecular weight excluding hydrogens is 442 g/mol. The van der Waals surface area contributed by atoms with E-state index in [1.165, 1.54) is 0 Å². The molecule has 4 rings (SSSR count). The van der Waals surface area contributed by atoms with Crippen molar-refractivity contribution in [3.05, 3.63) is 70.8 Å². The molecule has 0 saturated heterocycles. The third kappa shape index (κ3) is 4.49. The van der Waals surface area contributed by atoms with E-state index in [-0.39, 0.29) is 16.6 Å². The zero-order valence-corrected chi connectivity index (χ0v) is 21.8. The molecule has 2 N–H and O–H groups in total. The van der Waals surface area contributed by atoms with Crippen LogP contribution in [0.1, 0.15) is 63.8 Å². The van der Waals surface area contributed by atoms with Crippen molar-refractivity contribution in [3.63, 3.8) is 0 Å². The van der Waals surface area contributed by atoms with E-state index in [4.69, 9.17) is 9.72 Å². The second kappa shape index (κ2) is 8.62. The van der Waals surface area contributed by atoms with E-state index < -0.39 is 0 Å². The number of para-hydroxylation sites is 1. The Morgan fingerprint density at radius 1 is 0.882 bits per heavy atom. The molecule has 0 unspecified atom stereocenters. The van der Waals surface area contributed by atoms with Gasteiger partial charge in [-0.25, -0.2) is 4.98 Å². The van der Waals surface area contributed by atoms with Crippen LogP contribution < -0.4 is 4.74 Å². The lowest BCUT2D eigenvalue weighted by Crippen LogP contribution is -2.18. The number of phenolic OH excluding ortho intramolecular Hbond substituents is 2. The second-order valence-electron chi connectivity index (χ2n) is 10.8. The van der Waals surface area contributed by atoms with Crippen LogP contribution in [-0.2, 0) is 17.3 Å². The zero-order chi connectivity index (χ0) is 24.8. The smallest absolute Gasteiger partial charge is 0.129 e. The number of rotatable bonds is 4. The highest BCUT2D eigenvalue weighted by molar-refractivity contribution is 7.21. The maximum absolute atomic E-state index is 11.1. The van der Waals surface area contributed by atoms with Crippen LogP contribution in [0.15, 0.2) is 48.5 Å². The van der Waals surface area contributed by atoms with Gasteiger partial charge in [-0.15, -0.1) is 11.3 Å². The molecule has 34 heavy (non-hydrogen) atoms. The summed E-state index contributed by atoms with van der Waals surface area (Å²) < 4.78 is 6.50. The Bertz CT molecular complexity index is 1320. The summed E-state index contributed by atoms with van der Waals surface area (Å²) in [6.45, 7) is 12.7. The molecule has 1 heterocycles. The maximum atomic E-state index is 11.1. The lowest BCUT2D eigenvalue weighted by atomic mass is 9.78. The predicted molar refractivity (Wildman–Crippen MR) is 142 cm³/mol. The van der Waals surface area contributed by atoms with Crippen molar-refractivity contribution >= 4 is 21.6 Å². The number of fused-ring (bicyclic) bond motifs is 1. The van der Waals surface area contributed by atoms with E-state index in [1.54, 1.807) is 24.5 Å². The number of thiazole rings is 1. The Morgan fingerprint density at radius 2 is 1.50 bits per heavy atom. The number of aromatic hydroxyl groups is 2. The van der Waals surface area contributed by atoms with Crippen LogP contribution in [0.5, 0.6) is 17.2 Å². The molecular formula is C29H33NO3S. The number of hydrogen-bond donors (Lipinski definition) is 2. The van der Waals surface area contributed by atoms with Crippen molar-refractivity contribution in [1.82, 2.24) is 4.98 Å². The number of ether oxygens (including phenoxy) is 1. The Morgan fingerprint density at radius 3 is 2.09 bits per heavy atom. The molecule has 0 bridgehead atoms. The Kier molecular flexibility index (Phi) is 6.11. The van der Waals surface area contributed by atoms with Gasteiger partial charge in [0, 0.05) is 12.0 Å². The zero-order valence-electron chi connectivity index (χ0n) is 21.0. The van der Waals surface area contributed by atoms with Gasteiger partial charge in [0.25, 0.3) is 0 Å². The molecule has 5 heteroatoms. The fourth-order valence-electron chi connectivity index (χ4n) is 4.29. The molecule has 4 nitrogen and oxygen atoms in total. The van der Waals surface area contributed by atoms with Crippen LogP contribution in [0.2, 0.25) is 0 Å². The average molecular weight is 476 g/mol. The Hall–Kier alpha value is -3.05. The maximum Gasteiger partial charge on any atom is 0.129 e. The highest BCUT2D eigenvalue weighted by Gasteiger charge is 2.27. The number of aromatic nitrogens is 1. The second-order valence-corrected chi connectivity index (χ2v) is 11.8. The van der Waals surface area contributed by atoms with Crippen molar-refractivity contribution in [2.75, 3.05) is 7.11 Å². The summed E-state index contributed by atoms with van der Waals surface area (Å²) in [7, 11) is 1.66. The van der Waals surface area contributed by atoms with Crippen LogP contribution >= 0.6 is 11.3 Å². The first-order valence-electron chi connectivity index (χ1n) is 11.5. The van der Waals surface area contributed by atoms with Gasteiger partial charge in [-0.3, -0.25) is 0 Å². The minimum absolute atomic E-state index is 0.213. The molecule has 178 valence electrons. The van der Waals surface area contributed by atoms with Crippen LogP contribution in [-0.4, -0.2) is 22.3 Å². The molecule has 0 spiro atoms. The molecule has 1 aromatic heterocycles. The lowest BCUT2D eigenvalue weighted by molar-refractivity contribution is 0.416. The largest absolute Gasteiger partial charge is 0.508 e. The molecule has 0 radical (unpaired) electrons. The van der Waals surface area contributed by atoms with Gasteiger partial charge in [0.1, 0.15) is 22.3 Å². The van der Waals surface area contributed by atoms with Gasteiger partial charge in [-0.2, -0.15) is 0 Å². The van der Waals surface area contributed by atoms with Gasteiger partial charge >= 0.3 is 0 Å². The van der Waals surface area contributed by atoms with E-state index in [0.717, 1.165) is 48.8 Å².